The summed E-state index contributed by atoms with van der Waals surface area (Å²) in [5, 5.41) is 1.11. The van der Waals surface area contributed by atoms with Gasteiger partial charge in [-0.3, -0.25) is 9.59 Å². The van der Waals surface area contributed by atoms with Gasteiger partial charge in [-0.25, -0.2) is 0 Å². The van der Waals surface area contributed by atoms with Crippen LogP contribution >= 0.6 is 15.9 Å². The molecule has 0 fully saturated rings. The molecule has 0 aromatic carbocycles. The standard InChI is InChI=1S/C19H29BrO2/c1-14-15(2)19(22)17(16(3)18(14)21)12-10-8-6-4-5-7-9-11-13-20/h4-13H2,1-3H3. The predicted octanol–water partition coefficient (Wildman–Crippen LogP) is 5.70. The smallest absolute Gasteiger partial charge is 0.185 e. The third kappa shape index (κ3) is 5.49. The number of rotatable bonds is 10. The van der Waals surface area contributed by atoms with Gasteiger partial charge in [-0.05, 0) is 40.0 Å². The molecule has 0 unspecified atom stereocenters. The van der Waals surface area contributed by atoms with Gasteiger partial charge in [0.15, 0.2) is 11.6 Å². The van der Waals surface area contributed by atoms with Crippen molar-refractivity contribution in [2.75, 3.05) is 5.33 Å². The Morgan fingerprint density at radius 1 is 0.636 bits per heavy atom. The van der Waals surface area contributed by atoms with Crippen molar-refractivity contribution < 1.29 is 9.59 Å². The first-order valence-corrected chi connectivity index (χ1v) is 9.65. The lowest BCUT2D eigenvalue weighted by molar-refractivity contribution is -0.116. The van der Waals surface area contributed by atoms with Crippen molar-refractivity contribution in [2.24, 2.45) is 0 Å². The van der Waals surface area contributed by atoms with Gasteiger partial charge in [0.2, 0.25) is 0 Å². The largest absolute Gasteiger partial charge is 0.289 e. The van der Waals surface area contributed by atoms with E-state index in [-0.39, 0.29) is 11.6 Å². The Morgan fingerprint density at radius 3 is 1.64 bits per heavy atom. The van der Waals surface area contributed by atoms with E-state index in [2.05, 4.69) is 15.9 Å². The maximum absolute atomic E-state index is 12.3. The average molecular weight is 369 g/mol. The zero-order valence-electron chi connectivity index (χ0n) is 14.3. The first-order valence-electron chi connectivity index (χ1n) is 8.53. The fourth-order valence-corrected chi connectivity index (χ4v) is 3.31. The number of Topliss-reactive ketones (excluding diaryl/α,β-unsaturated/α-hetero) is 2. The van der Waals surface area contributed by atoms with Crippen LogP contribution in [0.25, 0.3) is 0 Å². The van der Waals surface area contributed by atoms with Crippen LogP contribution in [0.2, 0.25) is 0 Å². The molecule has 1 aliphatic rings. The second kappa shape index (κ2) is 10.1. The number of hydrogen-bond donors (Lipinski definition) is 0. The van der Waals surface area contributed by atoms with Gasteiger partial charge in [0.05, 0.1) is 0 Å². The third-order valence-electron chi connectivity index (χ3n) is 4.62. The first-order chi connectivity index (χ1) is 10.5. The van der Waals surface area contributed by atoms with Crippen LogP contribution in [0, 0.1) is 0 Å². The number of unbranched alkanes of at least 4 members (excludes halogenated alkanes) is 7. The number of carbonyl (C=O) groups excluding carboxylic acids is 2. The molecule has 0 radical (unpaired) electrons. The first kappa shape index (κ1) is 19.3. The van der Waals surface area contributed by atoms with Gasteiger partial charge in [-0.15, -0.1) is 0 Å². The number of ketones is 2. The van der Waals surface area contributed by atoms with Crippen LogP contribution in [0.15, 0.2) is 22.3 Å². The molecule has 0 aromatic rings. The summed E-state index contributed by atoms with van der Waals surface area (Å²) in [6, 6.07) is 0. The van der Waals surface area contributed by atoms with Crippen LogP contribution in [0.3, 0.4) is 0 Å². The summed E-state index contributed by atoms with van der Waals surface area (Å²) in [7, 11) is 0. The van der Waals surface area contributed by atoms with Gasteiger partial charge in [0, 0.05) is 27.6 Å². The number of halogens is 1. The summed E-state index contributed by atoms with van der Waals surface area (Å²) >= 11 is 3.45. The zero-order chi connectivity index (χ0) is 16.5. The van der Waals surface area contributed by atoms with Crippen molar-refractivity contribution in [1.29, 1.82) is 0 Å². The van der Waals surface area contributed by atoms with Gasteiger partial charge in [-0.2, -0.15) is 0 Å². The fraction of sp³-hybridized carbons (Fsp3) is 0.684. The van der Waals surface area contributed by atoms with Crippen LogP contribution in [0.4, 0.5) is 0 Å². The molecular formula is C19H29BrO2. The minimum atomic E-state index is 0.0545. The van der Waals surface area contributed by atoms with Crippen molar-refractivity contribution in [2.45, 2.75) is 78.6 Å². The minimum Gasteiger partial charge on any atom is -0.289 e. The molecule has 3 heteroatoms. The molecule has 2 nitrogen and oxygen atoms in total. The van der Waals surface area contributed by atoms with Gasteiger partial charge >= 0.3 is 0 Å². The zero-order valence-corrected chi connectivity index (χ0v) is 15.9. The predicted molar refractivity (Wildman–Crippen MR) is 96.4 cm³/mol. The molecule has 1 rings (SSSR count). The van der Waals surface area contributed by atoms with E-state index in [1.165, 1.54) is 38.5 Å². The lowest BCUT2D eigenvalue weighted by Gasteiger charge is -2.18. The van der Waals surface area contributed by atoms with E-state index >= 15 is 0 Å². The average Bonchev–Trinajstić information content (AvgIpc) is 2.52. The summed E-state index contributed by atoms with van der Waals surface area (Å²) < 4.78 is 0. The summed E-state index contributed by atoms with van der Waals surface area (Å²) in [5.41, 5.74) is 2.68. The molecule has 0 atom stereocenters. The molecule has 0 heterocycles. The summed E-state index contributed by atoms with van der Waals surface area (Å²) in [5.74, 6) is 0.142. The van der Waals surface area contributed by atoms with Crippen molar-refractivity contribution in [1.82, 2.24) is 0 Å². The van der Waals surface area contributed by atoms with Gasteiger partial charge in [0.25, 0.3) is 0 Å². The molecular weight excluding hydrogens is 340 g/mol. The van der Waals surface area contributed by atoms with Crippen molar-refractivity contribution >= 4 is 27.5 Å². The highest BCUT2D eigenvalue weighted by Crippen LogP contribution is 2.27. The van der Waals surface area contributed by atoms with Crippen molar-refractivity contribution in [3.63, 3.8) is 0 Å². The van der Waals surface area contributed by atoms with Crippen molar-refractivity contribution in [3.8, 4) is 0 Å². The summed E-state index contributed by atoms with van der Waals surface area (Å²) in [6.07, 6.45) is 10.7. The van der Waals surface area contributed by atoms with E-state index in [1.54, 1.807) is 20.8 Å². The molecule has 22 heavy (non-hydrogen) atoms. The molecule has 0 spiro atoms. The Bertz CT molecular complexity index is 472. The molecule has 0 aliphatic heterocycles. The van der Waals surface area contributed by atoms with E-state index in [1.807, 2.05) is 0 Å². The maximum atomic E-state index is 12.3. The van der Waals surface area contributed by atoms with Gasteiger partial charge < -0.3 is 0 Å². The number of alkyl halides is 1. The van der Waals surface area contributed by atoms with Gasteiger partial charge in [0.1, 0.15) is 0 Å². The highest BCUT2D eigenvalue weighted by molar-refractivity contribution is 9.09. The minimum absolute atomic E-state index is 0.0545. The molecule has 1 aliphatic carbocycles. The molecule has 0 saturated heterocycles. The molecule has 0 N–H and O–H groups in total. The van der Waals surface area contributed by atoms with E-state index in [0.29, 0.717) is 16.7 Å². The Balaban J connectivity index is 2.28. The van der Waals surface area contributed by atoms with Crippen LogP contribution in [-0.4, -0.2) is 16.9 Å². The van der Waals surface area contributed by atoms with E-state index in [9.17, 15) is 9.59 Å². The number of hydrogen-bond acceptors (Lipinski definition) is 2. The normalized spacial score (nSPS) is 16.0. The Kier molecular flexibility index (Phi) is 8.92. The highest BCUT2D eigenvalue weighted by Gasteiger charge is 2.26. The van der Waals surface area contributed by atoms with Crippen LogP contribution in [0.5, 0.6) is 0 Å². The third-order valence-corrected chi connectivity index (χ3v) is 5.18. The number of carbonyl (C=O) groups is 2. The van der Waals surface area contributed by atoms with Crippen molar-refractivity contribution in [3.05, 3.63) is 22.3 Å². The van der Waals surface area contributed by atoms with E-state index < -0.39 is 0 Å². The summed E-state index contributed by atoms with van der Waals surface area (Å²) in [6.45, 7) is 5.33. The maximum Gasteiger partial charge on any atom is 0.185 e. The lowest BCUT2D eigenvalue weighted by Crippen LogP contribution is -2.20. The van der Waals surface area contributed by atoms with Crippen LogP contribution in [0.1, 0.15) is 78.6 Å². The second-order valence-corrected chi connectivity index (χ2v) is 7.07. The quantitative estimate of drug-likeness (QED) is 0.281. The fourth-order valence-electron chi connectivity index (χ4n) is 2.91. The molecule has 0 saturated carbocycles. The van der Waals surface area contributed by atoms with E-state index in [0.717, 1.165) is 30.2 Å². The van der Waals surface area contributed by atoms with Crippen LogP contribution < -0.4 is 0 Å². The molecule has 124 valence electrons. The van der Waals surface area contributed by atoms with Gasteiger partial charge in [-0.1, -0.05) is 54.5 Å². The monoisotopic (exact) mass is 368 g/mol. The second-order valence-electron chi connectivity index (χ2n) is 6.28. The lowest BCUT2D eigenvalue weighted by atomic mass is 9.84. The molecule has 0 amide bonds. The topological polar surface area (TPSA) is 34.1 Å². The highest BCUT2D eigenvalue weighted by atomic mass is 79.9. The Morgan fingerprint density at radius 2 is 1.09 bits per heavy atom. The SMILES string of the molecule is CC1=C(C)C(=O)C(CCCCCCCCCCBr)=C(C)C1=O. The molecule has 0 bridgehead atoms. The van der Waals surface area contributed by atoms with E-state index in [4.69, 9.17) is 0 Å². The molecule has 0 aromatic heterocycles. The Hall–Kier alpha value is -0.700. The summed E-state index contributed by atoms with van der Waals surface area (Å²) in [4.78, 5) is 24.4. The van der Waals surface area contributed by atoms with Crippen LogP contribution in [-0.2, 0) is 9.59 Å². The Labute approximate surface area is 143 Å². The number of allylic oxidation sites excluding steroid dienone is 4.